The Morgan fingerprint density at radius 3 is 2.30 bits per heavy atom. The molecule has 0 bridgehead atoms. The minimum absolute atomic E-state index is 0.0675. The van der Waals surface area contributed by atoms with Crippen molar-refractivity contribution in [3.63, 3.8) is 0 Å². The molecule has 30 heavy (non-hydrogen) atoms. The molecule has 1 heterocycles. The van der Waals surface area contributed by atoms with Gasteiger partial charge in [-0.15, -0.1) is 0 Å². The normalized spacial score (nSPS) is 17.9. The van der Waals surface area contributed by atoms with Crippen molar-refractivity contribution in [3.8, 4) is 5.75 Å². The van der Waals surface area contributed by atoms with Crippen molar-refractivity contribution in [2.24, 2.45) is 0 Å². The number of aryl methyl sites for hydroxylation is 1. The van der Waals surface area contributed by atoms with Gasteiger partial charge in [0.1, 0.15) is 11.5 Å². The SMILES string of the molecule is COc1cccc(N2C(=O)C(=O)C(=C(O)c3ccccc3)[C@H]2c2ccc(C)cc2)c1. The topological polar surface area (TPSA) is 66.8 Å². The zero-order valence-corrected chi connectivity index (χ0v) is 16.7. The van der Waals surface area contributed by atoms with Gasteiger partial charge in [0, 0.05) is 17.3 Å². The van der Waals surface area contributed by atoms with Crippen LogP contribution in [0.4, 0.5) is 5.69 Å². The first kappa shape index (κ1) is 19.5. The second-order valence-electron chi connectivity index (χ2n) is 7.15. The Kier molecular flexibility index (Phi) is 5.11. The predicted molar refractivity (Wildman–Crippen MR) is 115 cm³/mol. The molecule has 1 aliphatic heterocycles. The van der Waals surface area contributed by atoms with Gasteiger partial charge in [0.15, 0.2) is 0 Å². The highest BCUT2D eigenvalue weighted by Gasteiger charge is 2.47. The van der Waals surface area contributed by atoms with Crippen LogP contribution >= 0.6 is 0 Å². The lowest BCUT2D eigenvalue weighted by Crippen LogP contribution is -2.29. The summed E-state index contributed by atoms with van der Waals surface area (Å²) < 4.78 is 5.29. The first-order chi connectivity index (χ1) is 14.5. The molecule has 0 radical (unpaired) electrons. The van der Waals surface area contributed by atoms with Crippen LogP contribution in [0.2, 0.25) is 0 Å². The number of nitrogens with zero attached hydrogens (tertiary/aromatic N) is 1. The second-order valence-corrected chi connectivity index (χ2v) is 7.15. The molecule has 0 aromatic heterocycles. The summed E-state index contributed by atoms with van der Waals surface area (Å²) in [6, 6.07) is 22.6. The molecule has 3 aromatic rings. The third-order valence-electron chi connectivity index (χ3n) is 5.22. The van der Waals surface area contributed by atoms with Crippen LogP contribution in [-0.2, 0) is 9.59 Å². The average Bonchev–Trinajstić information content (AvgIpc) is 3.05. The van der Waals surface area contributed by atoms with Crippen LogP contribution in [0.5, 0.6) is 5.75 Å². The number of ether oxygens (including phenoxy) is 1. The maximum atomic E-state index is 13.1. The minimum atomic E-state index is -0.752. The Balaban J connectivity index is 1.94. The fourth-order valence-electron chi connectivity index (χ4n) is 3.67. The van der Waals surface area contributed by atoms with Crippen molar-refractivity contribution in [1.82, 2.24) is 0 Å². The van der Waals surface area contributed by atoms with E-state index in [1.807, 2.05) is 37.3 Å². The first-order valence-electron chi connectivity index (χ1n) is 9.58. The molecule has 3 aromatic carbocycles. The third kappa shape index (κ3) is 3.35. The largest absolute Gasteiger partial charge is 0.507 e. The summed E-state index contributed by atoms with van der Waals surface area (Å²) in [6.07, 6.45) is 0. The summed E-state index contributed by atoms with van der Waals surface area (Å²) in [6.45, 7) is 1.97. The first-order valence-corrected chi connectivity index (χ1v) is 9.58. The van der Waals surface area contributed by atoms with E-state index in [9.17, 15) is 14.7 Å². The lowest BCUT2D eigenvalue weighted by molar-refractivity contribution is -0.132. The molecule has 0 aliphatic carbocycles. The van der Waals surface area contributed by atoms with Gasteiger partial charge in [0.05, 0.1) is 18.7 Å². The van der Waals surface area contributed by atoms with Gasteiger partial charge in [-0.3, -0.25) is 14.5 Å². The van der Waals surface area contributed by atoms with E-state index in [1.54, 1.807) is 55.6 Å². The Morgan fingerprint density at radius 1 is 0.933 bits per heavy atom. The Labute approximate surface area is 174 Å². The number of ketones is 1. The molecule has 1 N–H and O–H groups in total. The zero-order chi connectivity index (χ0) is 21.3. The average molecular weight is 399 g/mol. The third-order valence-corrected chi connectivity index (χ3v) is 5.22. The summed E-state index contributed by atoms with van der Waals surface area (Å²) in [5.74, 6) is -1.03. The van der Waals surface area contributed by atoms with E-state index in [0.717, 1.165) is 11.1 Å². The smallest absolute Gasteiger partial charge is 0.300 e. The molecule has 1 fully saturated rings. The highest BCUT2D eigenvalue weighted by molar-refractivity contribution is 6.51. The predicted octanol–water partition coefficient (Wildman–Crippen LogP) is 4.63. The molecule has 4 rings (SSSR count). The van der Waals surface area contributed by atoms with Crippen molar-refractivity contribution >= 4 is 23.1 Å². The summed E-state index contributed by atoms with van der Waals surface area (Å²) in [5.41, 5.74) is 2.87. The van der Waals surface area contributed by atoms with Crippen LogP contribution in [0.25, 0.3) is 5.76 Å². The molecule has 5 heteroatoms. The monoisotopic (exact) mass is 399 g/mol. The van der Waals surface area contributed by atoms with Crippen molar-refractivity contribution in [1.29, 1.82) is 0 Å². The quantitative estimate of drug-likeness (QED) is 0.395. The fraction of sp³-hybridized carbons (Fsp3) is 0.120. The van der Waals surface area contributed by atoms with Gasteiger partial charge in [-0.1, -0.05) is 66.2 Å². The number of anilines is 1. The molecule has 1 saturated heterocycles. The molecule has 150 valence electrons. The van der Waals surface area contributed by atoms with Crippen molar-refractivity contribution in [3.05, 3.63) is 101 Å². The van der Waals surface area contributed by atoms with Crippen molar-refractivity contribution in [2.45, 2.75) is 13.0 Å². The number of hydrogen-bond donors (Lipinski definition) is 1. The number of carbonyl (C=O) groups is 2. The van der Waals surface area contributed by atoms with Crippen LogP contribution in [0, 0.1) is 6.92 Å². The molecule has 1 amide bonds. The highest BCUT2D eigenvalue weighted by atomic mass is 16.5. The van der Waals surface area contributed by atoms with E-state index in [1.165, 1.54) is 4.90 Å². The van der Waals surface area contributed by atoms with E-state index < -0.39 is 17.7 Å². The van der Waals surface area contributed by atoms with E-state index in [0.29, 0.717) is 17.0 Å². The number of carbonyl (C=O) groups excluding carboxylic acids is 2. The Morgan fingerprint density at radius 2 is 1.63 bits per heavy atom. The van der Waals surface area contributed by atoms with E-state index in [2.05, 4.69) is 0 Å². The number of rotatable bonds is 4. The van der Waals surface area contributed by atoms with E-state index >= 15 is 0 Å². The summed E-state index contributed by atoms with van der Waals surface area (Å²) >= 11 is 0. The van der Waals surface area contributed by atoms with Crippen LogP contribution in [0.3, 0.4) is 0 Å². The number of hydrogen-bond acceptors (Lipinski definition) is 4. The number of benzene rings is 3. The van der Waals surface area contributed by atoms with Gasteiger partial charge in [0.25, 0.3) is 11.7 Å². The number of aliphatic hydroxyl groups is 1. The summed E-state index contributed by atoms with van der Waals surface area (Å²) in [7, 11) is 1.54. The van der Waals surface area contributed by atoms with Gasteiger partial charge >= 0.3 is 0 Å². The van der Waals surface area contributed by atoms with Gasteiger partial charge in [-0.25, -0.2) is 0 Å². The van der Waals surface area contributed by atoms with E-state index in [4.69, 9.17) is 4.74 Å². The van der Waals surface area contributed by atoms with Crippen LogP contribution < -0.4 is 9.64 Å². The maximum Gasteiger partial charge on any atom is 0.300 e. The molecule has 5 nitrogen and oxygen atoms in total. The van der Waals surface area contributed by atoms with Gasteiger partial charge in [0.2, 0.25) is 0 Å². The second kappa shape index (κ2) is 7.87. The Bertz CT molecular complexity index is 1130. The number of aliphatic hydroxyl groups excluding tert-OH is 1. The Hall–Kier alpha value is -3.86. The minimum Gasteiger partial charge on any atom is -0.507 e. The van der Waals surface area contributed by atoms with Gasteiger partial charge in [-0.05, 0) is 24.6 Å². The summed E-state index contributed by atoms with van der Waals surface area (Å²) in [5, 5.41) is 11.0. The lowest BCUT2D eigenvalue weighted by Gasteiger charge is -2.25. The van der Waals surface area contributed by atoms with Crippen LogP contribution in [0.1, 0.15) is 22.7 Å². The van der Waals surface area contributed by atoms with Gasteiger partial charge < -0.3 is 9.84 Å². The zero-order valence-electron chi connectivity index (χ0n) is 16.7. The molecular formula is C25H21NO4. The summed E-state index contributed by atoms with van der Waals surface area (Å²) in [4.78, 5) is 27.6. The molecule has 0 unspecified atom stereocenters. The highest BCUT2D eigenvalue weighted by Crippen LogP contribution is 2.42. The van der Waals surface area contributed by atoms with E-state index in [-0.39, 0.29) is 11.3 Å². The standard InChI is InChI=1S/C25H21NO4/c1-16-11-13-17(14-12-16)22-21(23(27)18-7-4-3-5-8-18)24(28)25(29)26(22)19-9-6-10-20(15-19)30-2/h3-15,22,27H,1-2H3/t22-/m1/s1. The lowest BCUT2D eigenvalue weighted by atomic mass is 9.94. The molecular weight excluding hydrogens is 378 g/mol. The number of amides is 1. The van der Waals surface area contributed by atoms with Crippen LogP contribution in [0.15, 0.2) is 84.4 Å². The maximum absolute atomic E-state index is 13.1. The number of Topliss-reactive ketones (excluding diaryl/α,β-unsaturated/α-hetero) is 1. The van der Waals surface area contributed by atoms with Crippen molar-refractivity contribution < 1.29 is 19.4 Å². The van der Waals surface area contributed by atoms with Crippen molar-refractivity contribution in [2.75, 3.05) is 12.0 Å². The molecule has 1 atom stereocenters. The van der Waals surface area contributed by atoms with Gasteiger partial charge in [-0.2, -0.15) is 0 Å². The molecule has 1 aliphatic rings. The molecule has 0 saturated carbocycles. The fourth-order valence-corrected chi connectivity index (χ4v) is 3.67. The number of methoxy groups -OCH3 is 1. The van der Waals surface area contributed by atoms with Crippen LogP contribution in [-0.4, -0.2) is 23.9 Å². The molecule has 0 spiro atoms.